The van der Waals surface area contributed by atoms with Gasteiger partial charge in [-0.05, 0) is 43.9 Å². The first kappa shape index (κ1) is 15.5. The molecule has 1 saturated carbocycles. The SMILES string of the molecule is CCC(=O)Nc1cccc(NC(=O)CC2(N)CCC2)c1C. The maximum Gasteiger partial charge on any atom is 0.226 e. The number of rotatable bonds is 5. The van der Waals surface area contributed by atoms with Crippen LogP contribution in [-0.4, -0.2) is 17.4 Å². The van der Waals surface area contributed by atoms with Crippen molar-refractivity contribution < 1.29 is 9.59 Å². The second-order valence-corrected chi connectivity index (χ2v) is 5.82. The third kappa shape index (κ3) is 3.82. The molecule has 2 rings (SSSR count). The maximum absolute atomic E-state index is 12.1. The van der Waals surface area contributed by atoms with Gasteiger partial charge in [-0.1, -0.05) is 13.0 Å². The van der Waals surface area contributed by atoms with Gasteiger partial charge in [0.15, 0.2) is 0 Å². The highest BCUT2D eigenvalue weighted by atomic mass is 16.2. The molecule has 0 heterocycles. The smallest absolute Gasteiger partial charge is 0.226 e. The van der Waals surface area contributed by atoms with Gasteiger partial charge in [-0.25, -0.2) is 0 Å². The first-order valence-corrected chi connectivity index (χ1v) is 7.42. The fourth-order valence-corrected chi connectivity index (χ4v) is 2.47. The van der Waals surface area contributed by atoms with E-state index in [2.05, 4.69) is 10.6 Å². The summed E-state index contributed by atoms with van der Waals surface area (Å²) in [6.45, 7) is 3.68. The molecule has 0 radical (unpaired) electrons. The fourth-order valence-electron chi connectivity index (χ4n) is 2.47. The van der Waals surface area contributed by atoms with Gasteiger partial charge in [0, 0.05) is 29.8 Å². The van der Waals surface area contributed by atoms with Crippen molar-refractivity contribution in [3.63, 3.8) is 0 Å². The molecule has 0 atom stereocenters. The lowest BCUT2D eigenvalue weighted by atomic mass is 9.75. The Bertz CT molecular complexity index is 550. The quantitative estimate of drug-likeness (QED) is 0.779. The molecule has 2 amide bonds. The summed E-state index contributed by atoms with van der Waals surface area (Å²) in [6.07, 6.45) is 3.68. The van der Waals surface area contributed by atoms with Crippen molar-refractivity contribution in [3.05, 3.63) is 23.8 Å². The van der Waals surface area contributed by atoms with E-state index in [-0.39, 0.29) is 17.4 Å². The lowest BCUT2D eigenvalue weighted by Gasteiger charge is -2.37. The van der Waals surface area contributed by atoms with Crippen molar-refractivity contribution in [3.8, 4) is 0 Å². The van der Waals surface area contributed by atoms with Crippen LogP contribution in [0.15, 0.2) is 18.2 Å². The third-order valence-corrected chi connectivity index (χ3v) is 4.07. The van der Waals surface area contributed by atoms with Crippen LogP contribution in [0.3, 0.4) is 0 Å². The van der Waals surface area contributed by atoms with E-state index in [1.54, 1.807) is 6.92 Å². The third-order valence-electron chi connectivity index (χ3n) is 4.07. The minimum Gasteiger partial charge on any atom is -0.326 e. The Balaban J connectivity index is 2.04. The van der Waals surface area contributed by atoms with Crippen molar-refractivity contribution in [1.82, 2.24) is 0 Å². The molecule has 5 nitrogen and oxygen atoms in total. The Morgan fingerprint density at radius 1 is 1.19 bits per heavy atom. The molecule has 0 saturated heterocycles. The summed E-state index contributed by atoms with van der Waals surface area (Å²) in [5.74, 6) is -0.115. The van der Waals surface area contributed by atoms with Crippen molar-refractivity contribution in [2.75, 3.05) is 10.6 Å². The van der Waals surface area contributed by atoms with Crippen LogP contribution in [0, 0.1) is 6.92 Å². The highest BCUT2D eigenvalue weighted by Gasteiger charge is 2.34. The van der Waals surface area contributed by atoms with E-state index < -0.39 is 0 Å². The largest absolute Gasteiger partial charge is 0.326 e. The van der Waals surface area contributed by atoms with E-state index in [9.17, 15) is 9.59 Å². The van der Waals surface area contributed by atoms with E-state index in [1.165, 1.54) is 0 Å². The second-order valence-electron chi connectivity index (χ2n) is 5.82. The Morgan fingerprint density at radius 2 is 1.76 bits per heavy atom. The molecule has 114 valence electrons. The minimum absolute atomic E-state index is 0.0445. The van der Waals surface area contributed by atoms with Gasteiger partial charge in [0.25, 0.3) is 0 Å². The first-order valence-electron chi connectivity index (χ1n) is 7.42. The van der Waals surface area contributed by atoms with Gasteiger partial charge in [0.1, 0.15) is 0 Å². The summed E-state index contributed by atoms with van der Waals surface area (Å²) < 4.78 is 0. The molecule has 5 heteroatoms. The molecule has 1 aliphatic rings. The molecular weight excluding hydrogens is 266 g/mol. The average molecular weight is 289 g/mol. The van der Waals surface area contributed by atoms with Gasteiger partial charge in [-0.2, -0.15) is 0 Å². The lowest BCUT2D eigenvalue weighted by Crippen LogP contribution is -2.48. The van der Waals surface area contributed by atoms with Crippen LogP contribution in [0.1, 0.15) is 44.6 Å². The normalized spacial score (nSPS) is 16.0. The molecular formula is C16H23N3O2. The molecule has 1 aliphatic carbocycles. The van der Waals surface area contributed by atoms with Gasteiger partial charge >= 0.3 is 0 Å². The molecule has 4 N–H and O–H groups in total. The zero-order valence-electron chi connectivity index (χ0n) is 12.7. The van der Waals surface area contributed by atoms with Crippen LogP contribution >= 0.6 is 0 Å². The van der Waals surface area contributed by atoms with Crippen LogP contribution in [0.4, 0.5) is 11.4 Å². The van der Waals surface area contributed by atoms with E-state index in [0.29, 0.717) is 12.8 Å². The number of nitrogens with one attached hydrogen (secondary N) is 2. The molecule has 1 fully saturated rings. The summed E-state index contributed by atoms with van der Waals surface area (Å²) in [6, 6.07) is 5.48. The van der Waals surface area contributed by atoms with E-state index in [1.807, 2.05) is 25.1 Å². The lowest BCUT2D eigenvalue weighted by molar-refractivity contribution is -0.118. The van der Waals surface area contributed by atoms with Crippen LogP contribution in [0.5, 0.6) is 0 Å². The molecule has 1 aromatic carbocycles. The van der Waals surface area contributed by atoms with Crippen molar-refractivity contribution in [1.29, 1.82) is 0 Å². The minimum atomic E-state index is -0.327. The summed E-state index contributed by atoms with van der Waals surface area (Å²) >= 11 is 0. The second kappa shape index (κ2) is 6.26. The van der Waals surface area contributed by atoms with E-state index in [4.69, 9.17) is 5.73 Å². The topological polar surface area (TPSA) is 84.2 Å². The van der Waals surface area contributed by atoms with Gasteiger partial charge in [-0.3, -0.25) is 9.59 Å². The standard InChI is InChI=1S/C16H23N3O2/c1-3-14(20)18-12-6-4-7-13(11(12)2)19-15(21)10-16(17)8-5-9-16/h4,6-7H,3,5,8-10,17H2,1-2H3,(H,18,20)(H,19,21). The molecule has 1 aromatic rings. The van der Waals surface area contributed by atoms with E-state index in [0.717, 1.165) is 36.2 Å². The highest BCUT2D eigenvalue weighted by molar-refractivity contribution is 5.96. The molecule has 0 bridgehead atoms. The zero-order chi connectivity index (χ0) is 15.5. The summed E-state index contributed by atoms with van der Waals surface area (Å²) in [7, 11) is 0. The summed E-state index contributed by atoms with van der Waals surface area (Å²) in [4.78, 5) is 23.6. The number of benzene rings is 1. The van der Waals surface area contributed by atoms with E-state index >= 15 is 0 Å². The Hall–Kier alpha value is -1.88. The molecule has 0 aliphatic heterocycles. The predicted molar refractivity (Wildman–Crippen MR) is 84.1 cm³/mol. The van der Waals surface area contributed by atoms with Gasteiger partial charge < -0.3 is 16.4 Å². The Kier molecular flexibility index (Phi) is 4.63. The van der Waals surface area contributed by atoms with Gasteiger partial charge in [-0.15, -0.1) is 0 Å². The molecule has 0 unspecified atom stereocenters. The highest BCUT2D eigenvalue weighted by Crippen LogP contribution is 2.32. The van der Waals surface area contributed by atoms with Crippen LogP contribution < -0.4 is 16.4 Å². The maximum atomic E-state index is 12.1. The number of anilines is 2. The predicted octanol–water partition coefficient (Wildman–Crippen LogP) is 2.55. The van der Waals surface area contributed by atoms with Crippen molar-refractivity contribution in [2.24, 2.45) is 5.73 Å². The number of carbonyl (C=O) groups is 2. The first-order chi connectivity index (χ1) is 9.93. The molecule has 21 heavy (non-hydrogen) atoms. The van der Waals surface area contributed by atoms with Crippen molar-refractivity contribution in [2.45, 2.75) is 51.5 Å². The number of carbonyl (C=O) groups excluding carboxylic acids is 2. The number of hydrogen-bond acceptors (Lipinski definition) is 3. The Morgan fingerprint density at radius 3 is 2.24 bits per heavy atom. The average Bonchev–Trinajstić information content (AvgIpc) is 2.41. The molecule has 0 spiro atoms. The Labute approximate surface area is 125 Å². The summed E-state index contributed by atoms with van der Waals surface area (Å²) in [5, 5.41) is 5.73. The number of nitrogens with two attached hydrogens (primary N) is 1. The van der Waals surface area contributed by atoms with Crippen molar-refractivity contribution >= 4 is 23.2 Å². The van der Waals surface area contributed by atoms with Crippen LogP contribution in [0.2, 0.25) is 0 Å². The number of hydrogen-bond donors (Lipinski definition) is 3. The van der Waals surface area contributed by atoms with Gasteiger partial charge in [0.2, 0.25) is 11.8 Å². The zero-order valence-corrected chi connectivity index (χ0v) is 12.7. The number of amides is 2. The molecule has 0 aromatic heterocycles. The monoisotopic (exact) mass is 289 g/mol. The fraction of sp³-hybridized carbons (Fsp3) is 0.500. The van der Waals surface area contributed by atoms with Gasteiger partial charge in [0.05, 0.1) is 0 Å². The summed E-state index contributed by atoms with van der Waals surface area (Å²) in [5.41, 5.74) is 8.06. The van der Waals surface area contributed by atoms with Crippen LogP contribution in [0.25, 0.3) is 0 Å². The van der Waals surface area contributed by atoms with Crippen LogP contribution in [-0.2, 0) is 9.59 Å².